The van der Waals surface area contributed by atoms with Crippen LogP contribution < -0.4 is 0 Å². The lowest BCUT2D eigenvalue weighted by Gasteiger charge is -2.17. The number of imide groups is 1. The molecule has 1 aromatic heterocycles. The van der Waals surface area contributed by atoms with Crippen molar-refractivity contribution in [2.45, 2.75) is 26.8 Å². The van der Waals surface area contributed by atoms with Crippen molar-refractivity contribution in [2.75, 3.05) is 19.6 Å². The number of carbonyl (C=O) groups excluding carboxylic acids is 3. The highest BCUT2D eigenvalue weighted by atomic mass is 16.2. The van der Waals surface area contributed by atoms with Crippen LogP contribution in [0.1, 0.15) is 40.4 Å². The second kappa shape index (κ2) is 7.42. The first kappa shape index (κ1) is 17.7. The second-order valence-corrected chi connectivity index (χ2v) is 5.86. The third kappa shape index (κ3) is 3.32. The molecular formula is C17H20N6O3. The molecule has 1 aromatic carbocycles. The molecule has 0 N–H and O–H groups in total. The maximum Gasteiger partial charge on any atom is 0.261 e. The van der Waals surface area contributed by atoms with Gasteiger partial charge in [0.1, 0.15) is 6.54 Å². The Kier molecular flexibility index (Phi) is 5.06. The van der Waals surface area contributed by atoms with Crippen LogP contribution in [0.2, 0.25) is 0 Å². The predicted octanol–water partition coefficient (Wildman–Crippen LogP) is 0.380. The van der Waals surface area contributed by atoms with Crippen LogP contribution in [0.25, 0.3) is 0 Å². The fourth-order valence-electron chi connectivity index (χ4n) is 2.89. The van der Waals surface area contributed by atoms with Gasteiger partial charge in [0.05, 0.1) is 11.1 Å². The van der Waals surface area contributed by atoms with Crippen molar-refractivity contribution >= 4 is 17.7 Å². The average molecular weight is 356 g/mol. The maximum atomic E-state index is 12.3. The van der Waals surface area contributed by atoms with Crippen molar-refractivity contribution in [2.24, 2.45) is 0 Å². The van der Waals surface area contributed by atoms with E-state index in [1.807, 2.05) is 13.8 Å². The van der Waals surface area contributed by atoms with E-state index in [-0.39, 0.29) is 37.2 Å². The van der Waals surface area contributed by atoms with Gasteiger partial charge < -0.3 is 4.90 Å². The van der Waals surface area contributed by atoms with Crippen molar-refractivity contribution in [1.82, 2.24) is 30.0 Å². The number of amides is 3. The molecule has 0 saturated carbocycles. The van der Waals surface area contributed by atoms with Crippen LogP contribution in [0.15, 0.2) is 24.3 Å². The highest BCUT2D eigenvalue weighted by Crippen LogP contribution is 2.22. The number of benzene rings is 1. The number of nitrogens with zero attached hydrogens (tertiary/aromatic N) is 6. The van der Waals surface area contributed by atoms with Gasteiger partial charge in [-0.3, -0.25) is 19.3 Å². The first-order valence-corrected chi connectivity index (χ1v) is 8.54. The van der Waals surface area contributed by atoms with Gasteiger partial charge in [-0.15, -0.1) is 10.2 Å². The smallest absolute Gasteiger partial charge is 0.261 e. The average Bonchev–Trinajstić information content (AvgIpc) is 3.18. The highest BCUT2D eigenvalue weighted by molar-refractivity contribution is 6.21. The van der Waals surface area contributed by atoms with Gasteiger partial charge in [0.15, 0.2) is 5.82 Å². The zero-order valence-corrected chi connectivity index (χ0v) is 14.8. The van der Waals surface area contributed by atoms with Gasteiger partial charge in [0, 0.05) is 26.1 Å². The Morgan fingerprint density at radius 2 is 1.69 bits per heavy atom. The van der Waals surface area contributed by atoms with Gasteiger partial charge in [-0.05, 0) is 31.2 Å². The summed E-state index contributed by atoms with van der Waals surface area (Å²) in [5, 5.41) is 11.9. The fraction of sp³-hybridized carbons (Fsp3) is 0.412. The minimum absolute atomic E-state index is 0.0156. The molecule has 0 bridgehead atoms. The predicted molar refractivity (Wildman–Crippen MR) is 91.3 cm³/mol. The molecule has 1 aliphatic heterocycles. The molecule has 3 rings (SSSR count). The van der Waals surface area contributed by atoms with E-state index < -0.39 is 0 Å². The Labute approximate surface area is 150 Å². The van der Waals surface area contributed by atoms with Crippen molar-refractivity contribution < 1.29 is 14.4 Å². The first-order valence-electron chi connectivity index (χ1n) is 8.54. The Morgan fingerprint density at radius 3 is 2.27 bits per heavy atom. The topological polar surface area (TPSA) is 101 Å². The largest absolute Gasteiger partial charge is 0.342 e. The van der Waals surface area contributed by atoms with Gasteiger partial charge in [0.25, 0.3) is 11.8 Å². The molecule has 26 heavy (non-hydrogen) atoms. The van der Waals surface area contributed by atoms with Crippen molar-refractivity contribution in [3.63, 3.8) is 0 Å². The highest BCUT2D eigenvalue weighted by Gasteiger charge is 2.34. The number of hydrogen-bond donors (Lipinski definition) is 0. The van der Waals surface area contributed by atoms with Crippen molar-refractivity contribution in [3.8, 4) is 0 Å². The molecule has 0 unspecified atom stereocenters. The number of hydrogen-bond acceptors (Lipinski definition) is 6. The quantitative estimate of drug-likeness (QED) is 0.665. The molecule has 9 nitrogen and oxygen atoms in total. The van der Waals surface area contributed by atoms with Gasteiger partial charge in [-0.25, -0.2) is 0 Å². The van der Waals surface area contributed by atoms with E-state index in [0.717, 1.165) is 0 Å². The number of aromatic nitrogens is 4. The third-order valence-corrected chi connectivity index (χ3v) is 4.32. The standard InChI is InChI=1S/C17H20N6O3/c1-3-21(4-2)15(24)11-23-19-14(18-20-23)9-10-22-16(25)12-7-5-6-8-13(12)17(22)26/h5-8H,3-4,9-11H2,1-2H3. The summed E-state index contributed by atoms with van der Waals surface area (Å²) in [6, 6.07) is 6.74. The van der Waals surface area contributed by atoms with Crippen LogP contribution in [-0.2, 0) is 17.8 Å². The number of rotatable bonds is 7. The second-order valence-electron chi connectivity index (χ2n) is 5.86. The third-order valence-electron chi connectivity index (χ3n) is 4.32. The fourth-order valence-corrected chi connectivity index (χ4v) is 2.89. The van der Waals surface area contributed by atoms with Crippen LogP contribution in [0.5, 0.6) is 0 Å². The van der Waals surface area contributed by atoms with E-state index in [2.05, 4.69) is 15.4 Å². The lowest BCUT2D eigenvalue weighted by Crippen LogP contribution is -2.34. The summed E-state index contributed by atoms with van der Waals surface area (Å²) in [7, 11) is 0. The van der Waals surface area contributed by atoms with Crippen LogP contribution in [0.3, 0.4) is 0 Å². The molecular weight excluding hydrogens is 336 g/mol. The number of likely N-dealkylation sites (N-methyl/N-ethyl adjacent to an activating group) is 1. The SMILES string of the molecule is CCN(CC)C(=O)Cn1nnc(CCN2C(=O)c3ccccc3C2=O)n1. The lowest BCUT2D eigenvalue weighted by molar-refractivity contribution is -0.131. The molecule has 136 valence electrons. The monoisotopic (exact) mass is 356 g/mol. The Morgan fingerprint density at radius 1 is 1.08 bits per heavy atom. The summed E-state index contributed by atoms with van der Waals surface area (Å²) in [6.07, 6.45) is 0.283. The molecule has 1 aliphatic rings. The molecule has 2 aromatic rings. The summed E-state index contributed by atoms with van der Waals surface area (Å²) >= 11 is 0. The molecule has 0 spiro atoms. The van der Waals surface area contributed by atoms with E-state index in [4.69, 9.17) is 0 Å². The summed E-state index contributed by atoms with van der Waals surface area (Å²) in [6.45, 7) is 5.24. The summed E-state index contributed by atoms with van der Waals surface area (Å²) < 4.78 is 0. The van der Waals surface area contributed by atoms with Gasteiger partial charge in [0.2, 0.25) is 5.91 Å². The molecule has 0 atom stereocenters. The molecule has 2 heterocycles. The summed E-state index contributed by atoms with van der Waals surface area (Å²) in [5.74, 6) is -0.322. The lowest BCUT2D eigenvalue weighted by atomic mass is 10.1. The van der Waals surface area contributed by atoms with Gasteiger partial charge in [-0.1, -0.05) is 12.1 Å². The normalized spacial score (nSPS) is 13.2. The first-order chi connectivity index (χ1) is 12.5. The van der Waals surface area contributed by atoms with Gasteiger partial charge in [-0.2, -0.15) is 4.80 Å². The van der Waals surface area contributed by atoms with Gasteiger partial charge >= 0.3 is 0 Å². The zero-order chi connectivity index (χ0) is 18.7. The van der Waals surface area contributed by atoms with Crippen LogP contribution >= 0.6 is 0 Å². The molecule has 0 fully saturated rings. The van der Waals surface area contributed by atoms with Crippen molar-refractivity contribution in [1.29, 1.82) is 0 Å². The molecule has 3 amide bonds. The van der Waals surface area contributed by atoms with E-state index in [0.29, 0.717) is 30.0 Å². The maximum absolute atomic E-state index is 12.3. The minimum atomic E-state index is -0.310. The zero-order valence-electron chi connectivity index (χ0n) is 14.8. The van der Waals surface area contributed by atoms with E-state index >= 15 is 0 Å². The van der Waals surface area contributed by atoms with Crippen molar-refractivity contribution in [3.05, 3.63) is 41.2 Å². The number of carbonyl (C=O) groups is 3. The van der Waals surface area contributed by atoms with Crippen LogP contribution in [0, 0.1) is 0 Å². The van der Waals surface area contributed by atoms with Crippen LogP contribution in [0.4, 0.5) is 0 Å². The Hall–Kier alpha value is -3.10. The molecule has 0 saturated heterocycles. The summed E-state index contributed by atoms with van der Waals surface area (Å²) in [4.78, 5) is 40.8. The number of tetrazole rings is 1. The Balaban J connectivity index is 1.60. The van der Waals surface area contributed by atoms with E-state index in [1.54, 1.807) is 29.2 Å². The molecule has 0 radical (unpaired) electrons. The Bertz CT molecular complexity index is 808. The molecule has 0 aliphatic carbocycles. The van der Waals surface area contributed by atoms with Crippen LogP contribution in [-0.4, -0.2) is 67.4 Å². The van der Waals surface area contributed by atoms with E-state index in [1.165, 1.54) is 9.70 Å². The molecule has 9 heteroatoms. The number of fused-ring (bicyclic) bond motifs is 1. The summed E-state index contributed by atoms with van der Waals surface area (Å²) in [5.41, 5.74) is 0.831. The van der Waals surface area contributed by atoms with E-state index in [9.17, 15) is 14.4 Å². The minimum Gasteiger partial charge on any atom is -0.342 e.